The van der Waals surface area contributed by atoms with Crippen molar-refractivity contribution in [1.82, 2.24) is 4.90 Å². The standard InChI is InChI=1S/C16H32BrN/c1-16-10-9-14-18(15-11-16)13-8-6-4-2-3-5-7-12-17/h16H,2-15H2,1H3. The number of alkyl halides is 1. The number of hydrogen-bond donors (Lipinski definition) is 0. The van der Waals surface area contributed by atoms with E-state index < -0.39 is 0 Å². The Balaban J connectivity index is 1.88. The number of halogens is 1. The van der Waals surface area contributed by atoms with E-state index in [0.29, 0.717) is 0 Å². The van der Waals surface area contributed by atoms with Gasteiger partial charge in [0.25, 0.3) is 0 Å². The first-order valence-corrected chi connectivity index (χ1v) is 9.23. The number of unbranched alkanes of at least 4 members (excludes halogenated alkanes) is 6. The monoisotopic (exact) mass is 317 g/mol. The van der Waals surface area contributed by atoms with Gasteiger partial charge in [0.1, 0.15) is 0 Å². The lowest BCUT2D eigenvalue weighted by atomic mass is 10.0. The molecular weight excluding hydrogens is 286 g/mol. The Morgan fingerprint density at radius 2 is 1.56 bits per heavy atom. The SMILES string of the molecule is CC1CCCN(CCCCCCCCCBr)CC1. The Morgan fingerprint density at radius 1 is 0.889 bits per heavy atom. The molecule has 1 saturated heterocycles. The summed E-state index contributed by atoms with van der Waals surface area (Å²) in [7, 11) is 0. The van der Waals surface area contributed by atoms with Crippen molar-refractivity contribution in [3.8, 4) is 0 Å². The van der Waals surface area contributed by atoms with Crippen molar-refractivity contribution in [2.75, 3.05) is 25.0 Å². The Morgan fingerprint density at radius 3 is 2.28 bits per heavy atom. The van der Waals surface area contributed by atoms with Crippen LogP contribution in [-0.2, 0) is 0 Å². The third kappa shape index (κ3) is 8.53. The Labute approximate surface area is 123 Å². The number of hydrogen-bond acceptors (Lipinski definition) is 1. The van der Waals surface area contributed by atoms with Crippen molar-refractivity contribution in [2.45, 2.75) is 71.1 Å². The van der Waals surface area contributed by atoms with Crippen LogP contribution in [0.5, 0.6) is 0 Å². The van der Waals surface area contributed by atoms with Crippen LogP contribution < -0.4 is 0 Å². The zero-order valence-corrected chi connectivity index (χ0v) is 13.9. The largest absolute Gasteiger partial charge is 0.303 e. The molecule has 1 heterocycles. The summed E-state index contributed by atoms with van der Waals surface area (Å²) in [5.74, 6) is 0.962. The predicted octanol–water partition coefficient (Wildman–Crippen LogP) is 5.23. The van der Waals surface area contributed by atoms with Gasteiger partial charge in [-0.25, -0.2) is 0 Å². The van der Waals surface area contributed by atoms with Gasteiger partial charge in [-0.1, -0.05) is 55.0 Å². The molecule has 1 fully saturated rings. The van der Waals surface area contributed by atoms with E-state index in [2.05, 4.69) is 27.8 Å². The second-order valence-electron chi connectivity index (χ2n) is 6.04. The van der Waals surface area contributed by atoms with Gasteiger partial charge in [-0.2, -0.15) is 0 Å². The number of rotatable bonds is 9. The molecule has 1 aliphatic rings. The molecular formula is C16H32BrN. The maximum Gasteiger partial charge on any atom is 0.00313 e. The fourth-order valence-corrected chi connectivity index (χ4v) is 3.26. The molecule has 1 unspecified atom stereocenters. The van der Waals surface area contributed by atoms with Crippen LogP contribution in [-0.4, -0.2) is 29.9 Å². The van der Waals surface area contributed by atoms with Crippen LogP contribution in [0.25, 0.3) is 0 Å². The van der Waals surface area contributed by atoms with Gasteiger partial charge in [-0.15, -0.1) is 0 Å². The minimum absolute atomic E-state index is 0.962. The van der Waals surface area contributed by atoms with E-state index in [1.54, 1.807) is 0 Å². The highest BCUT2D eigenvalue weighted by Crippen LogP contribution is 2.17. The fraction of sp³-hybridized carbons (Fsp3) is 1.00. The number of likely N-dealkylation sites (tertiary alicyclic amines) is 1. The summed E-state index contributed by atoms with van der Waals surface area (Å²) in [6.45, 7) is 6.48. The van der Waals surface area contributed by atoms with E-state index in [-0.39, 0.29) is 0 Å². The molecule has 0 aromatic heterocycles. The van der Waals surface area contributed by atoms with E-state index in [4.69, 9.17) is 0 Å². The van der Waals surface area contributed by atoms with E-state index in [1.165, 1.54) is 89.2 Å². The van der Waals surface area contributed by atoms with Crippen molar-refractivity contribution >= 4 is 15.9 Å². The lowest BCUT2D eigenvalue weighted by molar-refractivity contribution is 0.274. The molecule has 1 rings (SSSR count). The third-order valence-corrected chi connectivity index (χ3v) is 4.78. The highest BCUT2D eigenvalue weighted by atomic mass is 79.9. The van der Waals surface area contributed by atoms with Crippen LogP contribution in [0.2, 0.25) is 0 Å². The van der Waals surface area contributed by atoms with Crippen LogP contribution in [0, 0.1) is 5.92 Å². The molecule has 108 valence electrons. The summed E-state index contributed by atoms with van der Waals surface area (Å²) in [5.41, 5.74) is 0. The van der Waals surface area contributed by atoms with Gasteiger partial charge >= 0.3 is 0 Å². The average molecular weight is 318 g/mol. The highest BCUT2D eigenvalue weighted by molar-refractivity contribution is 9.09. The van der Waals surface area contributed by atoms with Crippen LogP contribution in [0.4, 0.5) is 0 Å². The van der Waals surface area contributed by atoms with Crippen molar-refractivity contribution in [3.05, 3.63) is 0 Å². The van der Waals surface area contributed by atoms with Crippen molar-refractivity contribution in [2.24, 2.45) is 5.92 Å². The maximum atomic E-state index is 3.49. The minimum Gasteiger partial charge on any atom is -0.303 e. The molecule has 2 heteroatoms. The molecule has 0 aromatic rings. The molecule has 0 N–H and O–H groups in total. The van der Waals surface area contributed by atoms with Gasteiger partial charge in [0.15, 0.2) is 0 Å². The Kier molecular flexibility index (Phi) is 10.3. The molecule has 0 bridgehead atoms. The van der Waals surface area contributed by atoms with Crippen LogP contribution in [0.3, 0.4) is 0 Å². The Hall–Kier alpha value is 0.440. The molecule has 0 aromatic carbocycles. The molecule has 0 amide bonds. The normalized spacial score (nSPS) is 22.0. The smallest absolute Gasteiger partial charge is 0.00313 e. The Bertz CT molecular complexity index is 184. The molecule has 0 radical (unpaired) electrons. The van der Waals surface area contributed by atoms with E-state index in [0.717, 1.165) is 5.92 Å². The second-order valence-corrected chi connectivity index (χ2v) is 6.83. The van der Waals surface area contributed by atoms with E-state index >= 15 is 0 Å². The molecule has 1 atom stereocenters. The number of nitrogens with zero attached hydrogens (tertiary/aromatic N) is 1. The predicted molar refractivity (Wildman–Crippen MR) is 85.6 cm³/mol. The van der Waals surface area contributed by atoms with Gasteiger partial charge in [0.05, 0.1) is 0 Å². The van der Waals surface area contributed by atoms with Gasteiger partial charge in [0, 0.05) is 5.33 Å². The topological polar surface area (TPSA) is 3.24 Å². The lowest BCUT2D eigenvalue weighted by Gasteiger charge is -2.19. The van der Waals surface area contributed by atoms with Crippen LogP contribution in [0.1, 0.15) is 71.1 Å². The van der Waals surface area contributed by atoms with Crippen molar-refractivity contribution in [1.29, 1.82) is 0 Å². The van der Waals surface area contributed by atoms with Crippen molar-refractivity contribution < 1.29 is 0 Å². The summed E-state index contributed by atoms with van der Waals surface area (Å²) < 4.78 is 0. The maximum absolute atomic E-state index is 3.49. The molecule has 0 saturated carbocycles. The molecule has 1 aliphatic heterocycles. The first-order chi connectivity index (χ1) is 8.83. The summed E-state index contributed by atoms with van der Waals surface area (Å²) in [4.78, 5) is 2.70. The first kappa shape index (κ1) is 16.5. The fourth-order valence-electron chi connectivity index (χ4n) is 2.86. The summed E-state index contributed by atoms with van der Waals surface area (Å²) in [6.07, 6.45) is 14.3. The summed E-state index contributed by atoms with van der Waals surface area (Å²) in [6, 6.07) is 0. The van der Waals surface area contributed by atoms with Gasteiger partial charge in [0.2, 0.25) is 0 Å². The third-order valence-electron chi connectivity index (χ3n) is 4.22. The van der Waals surface area contributed by atoms with Gasteiger partial charge in [-0.05, 0) is 57.7 Å². The van der Waals surface area contributed by atoms with E-state index in [9.17, 15) is 0 Å². The summed E-state index contributed by atoms with van der Waals surface area (Å²) in [5, 5.41) is 1.18. The molecule has 18 heavy (non-hydrogen) atoms. The average Bonchev–Trinajstić information content (AvgIpc) is 2.58. The first-order valence-electron chi connectivity index (χ1n) is 8.11. The van der Waals surface area contributed by atoms with Crippen molar-refractivity contribution in [3.63, 3.8) is 0 Å². The second kappa shape index (κ2) is 11.3. The molecule has 1 nitrogen and oxygen atoms in total. The van der Waals surface area contributed by atoms with Gasteiger partial charge in [-0.3, -0.25) is 0 Å². The highest BCUT2D eigenvalue weighted by Gasteiger charge is 2.12. The lowest BCUT2D eigenvalue weighted by Crippen LogP contribution is -2.25. The van der Waals surface area contributed by atoms with E-state index in [1.807, 2.05) is 0 Å². The zero-order valence-electron chi connectivity index (χ0n) is 12.3. The van der Waals surface area contributed by atoms with Crippen LogP contribution in [0.15, 0.2) is 0 Å². The minimum atomic E-state index is 0.962. The molecule has 0 spiro atoms. The zero-order chi connectivity index (χ0) is 13.1. The summed E-state index contributed by atoms with van der Waals surface area (Å²) >= 11 is 3.49. The molecule has 0 aliphatic carbocycles. The quantitative estimate of drug-likeness (QED) is 0.415. The van der Waals surface area contributed by atoms with Crippen LogP contribution >= 0.6 is 15.9 Å². The van der Waals surface area contributed by atoms with Gasteiger partial charge < -0.3 is 4.90 Å².